The second-order valence-corrected chi connectivity index (χ2v) is 6.69. The molecule has 2 rings (SSSR count). The highest BCUT2D eigenvalue weighted by Crippen LogP contribution is 2.51. The van der Waals surface area contributed by atoms with E-state index in [1.54, 1.807) is 0 Å². The van der Waals surface area contributed by atoms with Gasteiger partial charge in [-0.3, -0.25) is 0 Å². The van der Waals surface area contributed by atoms with Crippen molar-refractivity contribution < 1.29 is 5.21 Å². The van der Waals surface area contributed by atoms with Gasteiger partial charge in [-0.25, -0.2) is 0 Å². The summed E-state index contributed by atoms with van der Waals surface area (Å²) >= 11 is 0. The van der Waals surface area contributed by atoms with E-state index < -0.39 is 0 Å². The van der Waals surface area contributed by atoms with Crippen LogP contribution in [0.25, 0.3) is 0 Å². The minimum absolute atomic E-state index is 0.0477. The first-order valence-electron chi connectivity index (χ1n) is 7.22. The van der Waals surface area contributed by atoms with Crippen molar-refractivity contribution in [2.75, 3.05) is 0 Å². The van der Waals surface area contributed by atoms with Crippen LogP contribution in [0.4, 0.5) is 0 Å². The topological polar surface area (TPSA) is 32.6 Å². The van der Waals surface area contributed by atoms with Gasteiger partial charge in [0.15, 0.2) is 0 Å². The summed E-state index contributed by atoms with van der Waals surface area (Å²) < 4.78 is 0. The van der Waals surface area contributed by atoms with Crippen LogP contribution in [0.1, 0.15) is 34.6 Å². The first-order valence-corrected chi connectivity index (χ1v) is 7.22. The molecule has 0 spiro atoms. The highest BCUT2D eigenvalue weighted by atomic mass is 16.4. The molecule has 3 atom stereocenters. The average molecular weight is 259 g/mol. The molecule has 1 N–H and O–H groups in total. The minimum Gasteiger partial charge on any atom is -0.410 e. The van der Waals surface area contributed by atoms with Crippen molar-refractivity contribution in [1.29, 1.82) is 0 Å². The van der Waals surface area contributed by atoms with E-state index in [-0.39, 0.29) is 5.41 Å². The summed E-state index contributed by atoms with van der Waals surface area (Å²) in [6.07, 6.45) is 10.7. The third-order valence-corrected chi connectivity index (χ3v) is 4.73. The zero-order chi connectivity index (χ0) is 14.2. The predicted octanol–water partition coefficient (Wildman–Crippen LogP) is 4.43. The number of hydrogen-bond acceptors (Lipinski definition) is 2. The summed E-state index contributed by atoms with van der Waals surface area (Å²) in [5.41, 5.74) is 1.95. The van der Waals surface area contributed by atoms with Crippen molar-refractivity contribution in [3.63, 3.8) is 0 Å². The van der Waals surface area contributed by atoms with E-state index in [1.807, 2.05) is 12.2 Å². The lowest BCUT2D eigenvalue weighted by Crippen LogP contribution is -2.41. The van der Waals surface area contributed by atoms with Gasteiger partial charge < -0.3 is 5.21 Å². The minimum atomic E-state index is 0.0477. The molecule has 2 heteroatoms. The Morgan fingerprint density at radius 1 is 1.16 bits per heavy atom. The Morgan fingerprint density at radius 2 is 1.84 bits per heavy atom. The second-order valence-electron chi connectivity index (χ2n) is 6.69. The average Bonchev–Trinajstić information content (AvgIpc) is 2.35. The summed E-state index contributed by atoms with van der Waals surface area (Å²) in [5.74, 6) is 2.44. The molecular formula is C17H25NO. The van der Waals surface area contributed by atoms with Crippen LogP contribution in [-0.4, -0.2) is 10.9 Å². The van der Waals surface area contributed by atoms with Gasteiger partial charge in [-0.05, 0) is 41.4 Å². The Kier molecular flexibility index (Phi) is 3.71. The van der Waals surface area contributed by atoms with E-state index in [2.05, 4.69) is 58.0 Å². The molecule has 0 aliphatic heterocycles. The van der Waals surface area contributed by atoms with Gasteiger partial charge in [0.05, 0.1) is 0 Å². The lowest BCUT2D eigenvalue weighted by atomic mass is 9.56. The maximum Gasteiger partial charge on any atom is 0.102 e. The fourth-order valence-electron chi connectivity index (χ4n) is 3.82. The highest BCUT2D eigenvalue weighted by molar-refractivity contribution is 6.05. The normalized spacial score (nSPS) is 35.9. The van der Waals surface area contributed by atoms with E-state index in [9.17, 15) is 0 Å². The molecule has 0 aromatic carbocycles. The number of rotatable bonds is 2. The third kappa shape index (κ3) is 2.29. The third-order valence-electron chi connectivity index (χ3n) is 4.73. The van der Waals surface area contributed by atoms with Crippen LogP contribution in [0.2, 0.25) is 0 Å². The Hall–Kier alpha value is -1.31. The maximum absolute atomic E-state index is 8.95. The molecule has 2 unspecified atom stereocenters. The Morgan fingerprint density at radius 3 is 2.37 bits per heavy atom. The molecular weight excluding hydrogens is 234 g/mol. The number of oxime groups is 1. The van der Waals surface area contributed by atoms with Gasteiger partial charge in [-0.1, -0.05) is 58.0 Å². The summed E-state index contributed by atoms with van der Waals surface area (Å²) in [6, 6.07) is 0. The van der Waals surface area contributed by atoms with Crippen LogP contribution < -0.4 is 0 Å². The first-order chi connectivity index (χ1) is 8.90. The van der Waals surface area contributed by atoms with Crippen LogP contribution in [0.3, 0.4) is 0 Å². The molecule has 0 bridgehead atoms. The van der Waals surface area contributed by atoms with Crippen molar-refractivity contribution in [3.05, 3.63) is 36.0 Å². The van der Waals surface area contributed by atoms with E-state index in [0.717, 1.165) is 0 Å². The number of allylic oxidation sites excluding steroid dienone is 6. The molecule has 2 nitrogen and oxygen atoms in total. The first kappa shape index (κ1) is 14.1. The zero-order valence-corrected chi connectivity index (χ0v) is 12.6. The highest BCUT2D eigenvalue weighted by Gasteiger charge is 2.44. The molecule has 0 heterocycles. The van der Waals surface area contributed by atoms with Crippen molar-refractivity contribution in [3.8, 4) is 0 Å². The smallest absolute Gasteiger partial charge is 0.102 e. The van der Waals surface area contributed by atoms with Gasteiger partial charge in [0.25, 0.3) is 0 Å². The van der Waals surface area contributed by atoms with E-state index in [4.69, 9.17) is 5.21 Å². The SMILES string of the molecule is CC(C)C1C=CC2=C/C(=N\O)C=C[C@]2(C)C1C(C)C. The molecule has 2 aliphatic rings. The fraction of sp³-hybridized carbons (Fsp3) is 0.588. The summed E-state index contributed by atoms with van der Waals surface area (Å²) in [5, 5.41) is 12.3. The summed E-state index contributed by atoms with van der Waals surface area (Å²) in [7, 11) is 0. The van der Waals surface area contributed by atoms with Gasteiger partial charge in [0.1, 0.15) is 5.71 Å². The van der Waals surface area contributed by atoms with Gasteiger partial charge in [-0.15, -0.1) is 0 Å². The molecule has 0 amide bonds. The molecule has 2 aliphatic carbocycles. The van der Waals surface area contributed by atoms with Crippen LogP contribution in [0.5, 0.6) is 0 Å². The zero-order valence-electron chi connectivity index (χ0n) is 12.6. The standard InChI is InChI=1S/C17H25NO/c1-11(2)15-7-6-13-10-14(18-19)8-9-17(13,5)16(15)12(3)4/h6-12,15-16,19H,1-5H3/b18-14-/t15?,16?,17-/m0/s1. The molecule has 0 fully saturated rings. The largest absolute Gasteiger partial charge is 0.410 e. The number of nitrogens with zero attached hydrogens (tertiary/aromatic N) is 1. The molecule has 0 radical (unpaired) electrons. The predicted molar refractivity (Wildman–Crippen MR) is 80.3 cm³/mol. The van der Waals surface area contributed by atoms with Crippen LogP contribution in [0.15, 0.2) is 41.1 Å². The van der Waals surface area contributed by atoms with Gasteiger partial charge in [0, 0.05) is 5.41 Å². The Bertz CT molecular complexity index is 468. The van der Waals surface area contributed by atoms with Crippen molar-refractivity contribution in [1.82, 2.24) is 0 Å². The number of fused-ring (bicyclic) bond motifs is 1. The maximum atomic E-state index is 8.95. The lowest BCUT2D eigenvalue weighted by Gasteiger charge is -2.48. The molecule has 0 saturated heterocycles. The Labute approximate surface area is 116 Å². The van der Waals surface area contributed by atoms with Gasteiger partial charge >= 0.3 is 0 Å². The van der Waals surface area contributed by atoms with Gasteiger partial charge in [0.2, 0.25) is 0 Å². The van der Waals surface area contributed by atoms with E-state index >= 15 is 0 Å². The lowest BCUT2D eigenvalue weighted by molar-refractivity contribution is 0.134. The second kappa shape index (κ2) is 4.99. The van der Waals surface area contributed by atoms with Crippen LogP contribution in [-0.2, 0) is 0 Å². The van der Waals surface area contributed by atoms with Crippen molar-refractivity contribution in [2.45, 2.75) is 34.6 Å². The van der Waals surface area contributed by atoms with E-state index in [1.165, 1.54) is 5.57 Å². The molecule has 104 valence electrons. The van der Waals surface area contributed by atoms with Crippen LogP contribution >= 0.6 is 0 Å². The van der Waals surface area contributed by atoms with E-state index in [0.29, 0.717) is 29.4 Å². The van der Waals surface area contributed by atoms with Gasteiger partial charge in [-0.2, -0.15) is 0 Å². The summed E-state index contributed by atoms with van der Waals surface area (Å²) in [4.78, 5) is 0. The molecule has 0 saturated carbocycles. The number of hydrogen-bond donors (Lipinski definition) is 1. The quantitative estimate of drug-likeness (QED) is 0.577. The Balaban J connectivity index is 2.51. The molecule has 19 heavy (non-hydrogen) atoms. The van der Waals surface area contributed by atoms with Crippen molar-refractivity contribution >= 4 is 5.71 Å². The fourth-order valence-corrected chi connectivity index (χ4v) is 3.82. The molecule has 0 aromatic rings. The molecule has 0 aromatic heterocycles. The summed E-state index contributed by atoms with van der Waals surface area (Å²) in [6.45, 7) is 11.5. The monoisotopic (exact) mass is 259 g/mol. The van der Waals surface area contributed by atoms with Crippen molar-refractivity contribution in [2.24, 2.45) is 34.2 Å². The van der Waals surface area contributed by atoms with Crippen LogP contribution in [0, 0.1) is 29.1 Å².